The quantitative estimate of drug-likeness (QED) is 0.612. The van der Waals surface area contributed by atoms with Crippen LogP contribution in [0.1, 0.15) is 29.4 Å². The van der Waals surface area contributed by atoms with Crippen LogP contribution in [0, 0.1) is 0 Å². The molecule has 78 valence electrons. The Hall–Kier alpha value is -0.390. The summed E-state index contributed by atoms with van der Waals surface area (Å²) in [7, 11) is 1.43. The van der Waals surface area contributed by atoms with Gasteiger partial charge < -0.3 is 0 Å². The number of carbonyl (C=O) groups excluding carboxylic acids is 1. The van der Waals surface area contributed by atoms with Gasteiger partial charge in [0.15, 0.2) is 5.78 Å². The SMILES string of the molecule is CCCC(=O)c1ccc(S(=O)(=O)Cl)s1. The first-order valence-electron chi connectivity index (χ1n) is 4.03. The van der Waals surface area contributed by atoms with Crippen molar-refractivity contribution in [2.24, 2.45) is 0 Å². The van der Waals surface area contributed by atoms with Crippen LogP contribution < -0.4 is 0 Å². The molecule has 0 aliphatic carbocycles. The summed E-state index contributed by atoms with van der Waals surface area (Å²) in [6.45, 7) is 1.89. The van der Waals surface area contributed by atoms with Gasteiger partial charge in [-0.2, -0.15) is 0 Å². The first kappa shape index (κ1) is 11.7. The molecule has 0 spiro atoms. The molecule has 0 aliphatic rings. The molecule has 0 fully saturated rings. The second-order valence-corrected chi connectivity index (χ2v) is 6.61. The van der Waals surface area contributed by atoms with Crippen LogP contribution in [0.2, 0.25) is 0 Å². The van der Waals surface area contributed by atoms with E-state index in [-0.39, 0.29) is 9.99 Å². The zero-order valence-electron chi connectivity index (χ0n) is 7.49. The topological polar surface area (TPSA) is 51.2 Å². The van der Waals surface area contributed by atoms with E-state index in [1.54, 1.807) is 0 Å². The largest absolute Gasteiger partial charge is 0.293 e. The number of ketones is 1. The molecule has 0 aromatic carbocycles. The predicted octanol–water partition coefficient (Wildman–Crippen LogP) is 2.66. The maximum atomic E-state index is 11.4. The summed E-state index contributed by atoms with van der Waals surface area (Å²) < 4.78 is 21.8. The highest BCUT2D eigenvalue weighted by molar-refractivity contribution is 8.15. The number of hydrogen-bond donors (Lipinski definition) is 0. The Kier molecular flexibility index (Phi) is 3.69. The molecular formula is C8H9ClO3S2. The van der Waals surface area contributed by atoms with E-state index in [4.69, 9.17) is 10.7 Å². The Bertz CT molecular complexity index is 433. The number of rotatable bonds is 4. The zero-order valence-corrected chi connectivity index (χ0v) is 9.88. The third-order valence-corrected chi connectivity index (χ3v) is 4.79. The molecule has 3 nitrogen and oxygen atoms in total. The third kappa shape index (κ3) is 2.80. The van der Waals surface area contributed by atoms with E-state index < -0.39 is 9.05 Å². The van der Waals surface area contributed by atoms with Gasteiger partial charge in [0.2, 0.25) is 0 Å². The van der Waals surface area contributed by atoms with Crippen molar-refractivity contribution in [3.63, 3.8) is 0 Å². The number of halogens is 1. The van der Waals surface area contributed by atoms with Gasteiger partial charge >= 0.3 is 0 Å². The summed E-state index contributed by atoms with van der Waals surface area (Å²) in [6, 6.07) is 2.85. The molecule has 1 rings (SSSR count). The predicted molar refractivity (Wildman–Crippen MR) is 56.6 cm³/mol. The molecule has 6 heteroatoms. The molecule has 1 heterocycles. The van der Waals surface area contributed by atoms with Crippen molar-refractivity contribution in [3.8, 4) is 0 Å². The first-order valence-corrected chi connectivity index (χ1v) is 7.15. The van der Waals surface area contributed by atoms with Crippen LogP contribution in [-0.2, 0) is 9.05 Å². The summed E-state index contributed by atoms with van der Waals surface area (Å²) >= 11 is 0.918. The molecule has 1 aromatic heterocycles. The Morgan fingerprint density at radius 3 is 2.57 bits per heavy atom. The minimum absolute atomic E-state index is 0.0265. The molecule has 0 unspecified atom stereocenters. The average molecular weight is 253 g/mol. The van der Waals surface area contributed by atoms with Crippen LogP contribution in [0.15, 0.2) is 16.3 Å². The van der Waals surface area contributed by atoms with Crippen molar-refractivity contribution in [1.29, 1.82) is 0 Å². The van der Waals surface area contributed by atoms with E-state index in [1.807, 2.05) is 6.92 Å². The van der Waals surface area contributed by atoms with Gasteiger partial charge in [-0.3, -0.25) is 4.79 Å². The Labute approximate surface area is 91.1 Å². The lowest BCUT2D eigenvalue weighted by Gasteiger charge is -1.91. The van der Waals surface area contributed by atoms with E-state index in [9.17, 15) is 13.2 Å². The average Bonchev–Trinajstić information content (AvgIpc) is 2.51. The molecular weight excluding hydrogens is 244 g/mol. The number of thiophene rings is 1. The van der Waals surface area contributed by atoms with Gasteiger partial charge in [-0.05, 0) is 18.6 Å². The van der Waals surface area contributed by atoms with Crippen molar-refractivity contribution in [3.05, 3.63) is 17.0 Å². The fraction of sp³-hybridized carbons (Fsp3) is 0.375. The minimum atomic E-state index is -3.69. The van der Waals surface area contributed by atoms with E-state index in [0.29, 0.717) is 11.3 Å². The molecule has 1 aromatic rings. The van der Waals surface area contributed by atoms with Gasteiger partial charge in [0.25, 0.3) is 9.05 Å². The second kappa shape index (κ2) is 4.42. The van der Waals surface area contributed by atoms with Crippen molar-refractivity contribution < 1.29 is 13.2 Å². The molecule has 0 radical (unpaired) electrons. The lowest BCUT2D eigenvalue weighted by molar-refractivity contribution is 0.0985. The molecule has 0 N–H and O–H groups in total. The van der Waals surface area contributed by atoms with Gasteiger partial charge in [-0.1, -0.05) is 6.92 Å². The van der Waals surface area contributed by atoms with Gasteiger partial charge in [0.05, 0.1) is 4.88 Å². The van der Waals surface area contributed by atoms with Crippen molar-refractivity contribution in [2.75, 3.05) is 0 Å². The zero-order chi connectivity index (χ0) is 10.8. The first-order chi connectivity index (χ1) is 6.45. The summed E-state index contributed by atoms with van der Waals surface area (Å²) in [5.41, 5.74) is 0. The molecule has 0 aliphatic heterocycles. The second-order valence-electron chi connectivity index (χ2n) is 2.73. The Balaban J connectivity index is 2.94. The van der Waals surface area contributed by atoms with Gasteiger partial charge in [0, 0.05) is 17.1 Å². The number of Topliss-reactive ketones (excluding diaryl/α,β-unsaturated/α-hetero) is 1. The standard InChI is InChI=1S/C8H9ClO3S2/c1-2-3-6(10)7-4-5-8(13-7)14(9,11)12/h4-5H,2-3H2,1H3. The highest BCUT2D eigenvalue weighted by Gasteiger charge is 2.15. The number of carbonyl (C=O) groups is 1. The monoisotopic (exact) mass is 252 g/mol. The highest BCUT2D eigenvalue weighted by atomic mass is 35.7. The van der Waals surface area contributed by atoms with Crippen molar-refractivity contribution in [1.82, 2.24) is 0 Å². The number of hydrogen-bond acceptors (Lipinski definition) is 4. The van der Waals surface area contributed by atoms with Crippen molar-refractivity contribution >= 4 is 36.9 Å². The Morgan fingerprint density at radius 1 is 1.50 bits per heavy atom. The van der Waals surface area contributed by atoms with Crippen LogP contribution in [0.25, 0.3) is 0 Å². The molecule has 0 saturated carbocycles. The van der Waals surface area contributed by atoms with E-state index in [2.05, 4.69) is 0 Å². The van der Waals surface area contributed by atoms with Crippen LogP contribution in [0.3, 0.4) is 0 Å². The Morgan fingerprint density at radius 2 is 2.14 bits per heavy atom. The van der Waals surface area contributed by atoms with Crippen LogP contribution >= 0.6 is 22.0 Å². The molecule has 14 heavy (non-hydrogen) atoms. The fourth-order valence-electron chi connectivity index (χ4n) is 0.951. The summed E-state index contributed by atoms with van der Waals surface area (Å²) in [4.78, 5) is 11.8. The van der Waals surface area contributed by atoms with Crippen LogP contribution in [0.4, 0.5) is 0 Å². The van der Waals surface area contributed by atoms with E-state index in [0.717, 1.165) is 17.8 Å². The lowest BCUT2D eigenvalue weighted by Crippen LogP contribution is -1.93. The normalized spacial score (nSPS) is 11.6. The van der Waals surface area contributed by atoms with Crippen LogP contribution in [0.5, 0.6) is 0 Å². The maximum absolute atomic E-state index is 11.4. The fourth-order valence-corrected chi connectivity index (χ4v) is 2.99. The van der Waals surface area contributed by atoms with Gasteiger partial charge in [-0.25, -0.2) is 8.42 Å². The van der Waals surface area contributed by atoms with Crippen molar-refractivity contribution in [2.45, 2.75) is 24.0 Å². The third-order valence-electron chi connectivity index (χ3n) is 1.57. The molecule has 0 amide bonds. The summed E-state index contributed by atoms with van der Waals surface area (Å²) in [6.07, 6.45) is 1.18. The van der Waals surface area contributed by atoms with Gasteiger partial charge in [0.1, 0.15) is 4.21 Å². The van der Waals surface area contributed by atoms with Gasteiger partial charge in [-0.15, -0.1) is 11.3 Å². The van der Waals surface area contributed by atoms with E-state index >= 15 is 0 Å². The highest BCUT2D eigenvalue weighted by Crippen LogP contribution is 2.25. The molecule has 0 atom stereocenters. The smallest absolute Gasteiger partial charge is 0.270 e. The summed E-state index contributed by atoms with van der Waals surface area (Å²) in [5, 5.41) is 0. The molecule has 0 bridgehead atoms. The van der Waals surface area contributed by atoms with Crippen LogP contribution in [-0.4, -0.2) is 14.2 Å². The molecule has 0 saturated heterocycles. The lowest BCUT2D eigenvalue weighted by atomic mass is 10.2. The minimum Gasteiger partial charge on any atom is -0.293 e. The van der Waals surface area contributed by atoms with E-state index in [1.165, 1.54) is 12.1 Å². The maximum Gasteiger partial charge on any atom is 0.270 e. The summed E-state index contributed by atoms with van der Waals surface area (Å²) in [5.74, 6) is -0.0379.